The molecule has 30 heavy (non-hydrogen) atoms. The summed E-state index contributed by atoms with van der Waals surface area (Å²) in [6.07, 6.45) is 3.75. The molecule has 1 amide bonds. The van der Waals surface area contributed by atoms with Gasteiger partial charge in [0.2, 0.25) is 0 Å². The molecular weight excluding hydrogens is 464 g/mol. The van der Waals surface area contributed by atoms with Gasteiger partial charge in [0.25, 0.3) is 5.91 Å². The monoisotopic (exact) mass is 492 g/mol. The predicted octanol–water partition coefficient (Wildman–Crippen LogP) is 6.01. The minimum Gasteiger partial charge on any atom is -0.504 e. The number of thiophene rings is 1. The van der Waals surface area contributed by atoms with E-state index in [0.29, 0.717) is 29.3 Å². The zero-order valence-electron chi connectivity index (χ0n) is 17.9. The molecule has 3 N–H and O–H groups in total. The molecular formula is C23H29BrN2O3S. The fourth-order valence-electron chi connectivity index (χ4n) is 4.49. The van der Waals surface area contributed by atoms with Crippen molar-refractivity contribution in [3.05, 3.63) is 38.2 Å². The number of fused-ring (bicyclic) bond motifs is 3. The maximum Gasteiger partial charge on any atom is 0.256 e. The predicted molar refractivity (Wildman–Crippen MR) is 125 cm³/mol. The number of phenols is 1. The van der Waals surface area contributed by atoms with Gasteiger partial charge in [-0.25, -0.2) is 0 Å². The number of halogens is 1. The van der Waals surface area contributed by atoms with Crippen LogP contribution in [-0.4, -0.2) is 17.6 Å². The molecule has 2 atom stereocenters. The van der Waals surface area contributed by atoms with Crippen molar-refractivity contribution in [2.24, 2.45) is 11.3 Å². The van der Waals surface area contributed by atoms with E-state index in [9.17, 15) is 9.90 Å². The summed E-state index contributed by atoms with van der Waals surface area (Å²) >= 11 is 5.18. The number of aromatic hydroxyl groups is 1. The number of ether oxygens (including phenoxy) is 1. The van der Waals surface area contributed by atoms with E-state index in [2.05, 4.69) is 47.3 Å². The minimum absolute atomic E-state index is 0.0485. The van der Waals surface area contributed by atoms with Gasteiger partial charge >= 0.3 is 0 Å². The summed E-state index contributed by atoms with van der Waals surface area (Å²) in [6, 6.07) is 3.55. The number of benzene rings is 1. The highest BCUT2D eigenvalue weighted by molar-refractivity contribution is 9.10. The molecule has 0 saturated heterocycles. The standard InChI is InChI=1S/C23H29BrN2O3S/c1-5-23(3,4)12-7-8-14-17(9-12)30-22-18(14)21(28)25-20(26-22)15-10-13(24)11-16(19(15)27)29-6-2/h10-12,20,26-27H,5-9H2,1-4H3,(H,25,28)/t12-,20-/m0/s1. The van der Waals surface area contributed by atoms with Gasteiger partial charge in [0.1, 0.15) is 11.2 Å². The van der Waals surface area contributed by atoms with Crippen molar-refractivity contribution < 1.29 is 14.6 Å². The SMILES string of the molecule is CCOc1cc(Br)cc([C@H]2NC(=O)c3c(sc4c3CC[C@H](C(C)(C)CC)C4)N2)c1O. The summed E-state index contributed by atoms with van der Waals surface area (Å²) in [5.41, 5.74) is 2.88. The molecule has 0 radical (unpaired) electrons. The molecule has 7 heteroatoms. The van der Waals surface area contributed by atoms with Crippen LogP contribution < -0.4 is 15.4 Å². The Balaban J connectivity index is 1.66. The summed E-state index contributed by atoms with van der Waals surface area (Å²) in [4.78, 5) is 14.4. The molecule has 2 aromatic rings. The van der Waals surface area contributed by atoms with Crippen LogP contribution in [0.5, 0.6) is 11.5 Å². The number of carbonyl (C=O) groups is 1. The second kappa shape index (κ2) is 8.08. The van der Waals surface area contributed by atoms with Crippen molar-refractivity contribution in [2.75, 3.05) is 11.9 Å². The number of amides is 1. The molecule has 0 saturated carbocycles. The van der Waals surface area contributed by atoms with Crippen LogP contribution in [0.15, 0.2) is 16.6 Å². The second-order valence-corrected chi connectivity index (χ2v) is 10.8. The molecule has 1 aliphatic carbocycles. The first-order chi connectivity index (χ1) is 14.2. The Kier molecular flexibility index (Phi) is 5.79. The van der Waals surface area contributed by atoms with Gasteiger partial charge in [-0.15, -0.1) is 11.3 Å². The first kappa shape index (κ1) is 21.5. The lowest BCUT2D eigenvalue weighted by molar-refractivity contribution is 0.0934. The van der Waals surface area contributed by atoms with E-state index in [-0.39, 0.29) is 11.7 Å². The molecule has 0 fully saturated rings. The van der Waals surface area contributed by atoms with Crippen molar-refractivity contribution >= 4 is 38.2 Å². The number of carbonyl (C=O) groups excluding carboxylic acids is 1. The van der Waals surface area contributed by atoms with E-state index in [1.54, 1.807) is 17.4 Å². The maximum atomic E-state index is 13.1. The maximum absolute atomic E-state index is 13.1. The van der Waals surface area contributed by atoms with Crippen molar-refractivity contribution in [3.8, 4) is 11.5 Å². The van der Waals surface area contributed by atoms with Crippen LogP contribution >= 0.6 is 27.3 Å². The summed E-state index contributed by atoms with van der Waals surface area (Å²) in [7, 11) is 0. The molecule has 162 valence electrons. The van der Waals surface area contributed by atoms with Gasteiger partial charge in [0.05, 0.1) is 12.2 Å². The number of rotatable bonds is 5. The Hall–Kier alpha value is -1.73. The van der Waals surface area contributed by atoms with E-state index >= 15 is 0 Å². The third kappa shape index (κ3) is 3.71. The van der Waals surface area contributed by atoms with Crippen molar-refractivity contribution in [3.63, 3.8) is 0 Å². The smallest absolute Gasteiger partial charge is 0.256 e. The highest BCUT2D eigenvalue weighted by Crippen LogP contribution is 2.48. The van der Waals surface area contributed by atoms with Gasteiger partial charge in [0, 0.05) is 14.9 Å². The van der Waals surface area contributed by atoms with Crippen molar-refractivity contribution in [2.45, 2.75) is 59.5 Å². The molecule has 4 rings (SSSR count). The van der Waals surface area contributed by atoms with Crippen molar-refractivity contribution in [1.29, 1.82) is 0 Å². The molecule has 1 aromatic carbocycles. The molecule has 1 aromatic heterocycles. The summed E-state index contributed by atoms with van der Waals surface area (Å²) in [5, 5.41) is 18.1. The van der Waals surface area contributed by atoms with Crippen LogP contribution in [-0.2, 0) is 12.8 Å². The van der Waals surface area contributed by atoms with Crippen LogP contribution in [0, 0.1) is 11.3 Å². The third-order valence-electron chi connectivity index (χ3n) is 6.74. The molecule has 2 heterocycles. The van der Waals surface area contributed by atoms with Gasteiger partial charge in [-0.05, 0) is 55.2 Å². The number of phenolic OH excluding ortho intramolecular Hbond substituents is 1. The van der Waals surface area contributed by atoms with E-state index < -0.39 is 6.17 Å². The Bertz CT molecular complexity index is 985. The van der Waals surface area contributed by atoms with Gasteiger partial charge in [0.15, 0.2) is 11.5 Å². The Morgan fingerprint density at radius 2 is 2.07 bits per heavy atom. The van der Waals surface area contributed by atoms with Crippen LogP contribution in [0.1, 0.15) is 73.1 Å². The first-order valence-corrected chi connectivity index (χ1v) is 12.2. The van der Waals surface area contributed by atoms with Gasteiger partial charge in [-0.3, -0.25) is 4.79 Å². The van der Waals surface area contributed by atoms with Crippen molar-refractivity contribution in [1.82, 2.24) is 5.32 Å². The zero-order chi connectivity index (χ0) is 21.6. The lowest BCUT2D eigenvalue weighted by atomic mass is 9.69. The summed E-state index contributed by atoms with van der Waals surface area (Å²) in [6.45, 7) is 9.28. The summed E-state index contributed by atoms with van der Waals surface area (Å²) < 4.78 is 6.34. The highest BCUT2D eigenvalue weighted by Gasteiger charge is 2.38. The topological polar surface area (TPSA) is 70.6 Å². The largest absolute Gasteiger partial charge is 0.504 e. The fraction of sp³-hybridized carbons (Fsp3) is 0.522. The van der Waals surface area contributed by atoms with Gasteiger partial charge in [-0.1, -0.05) is 43.1 Å². The molecule has 2 aliphatic rings. The van der Waals surface area contributed by atoms with Gasteiger partial charge in [-0.2, -0.15) is 0 Å². The average molecular weight is 493 g/mol. The number of anilines is 1. The zero-order valence-corrected chi connectivity index (χ0v) is 20.3. The number of hydrogen-bond donors (Lipinski definition) is 3. The van der Waals surface area contributed by atoms with E-state index in [1.165, 1.54) is 10.4 Å². The van der Waals surface area contributed by atoms with Gasteiger partial charge < -0.3 is 20.5 Å². The fourth-order valence-corrected chi connectivity index (χ4v) is 6.30. The number of nitrogens with one attached hydrogen (secondary N) is 2. The van der Waals surface area contributed by atoms with Crippen LogP contribution in [0.25, 0.3) is 0 Å². The normalized spacial score (nSPS) is 20.8. The third-order valence-corrected chi connectivity index (χ3v) is 8.38. The Morgan fingerprint density at radius 1 is 1.30 bits per heavy atom. The lowest BCUT2D eigenvalue weighted by Gasteiger charge is -2.36. The Morgan fingerprint density at radius 3 is 2.77 bits per heavy atom. The molecule has 5 nitrogen and oxygen atoms in total. The molecule has 0 bridgehead atoms. The second-order valence-electron chi connectivity index (χ2n) is 8.82. The van der Waals surface area contributed by atoms with E-state index in [1.807, 2.05) is 13.0 Å². The van der Waals surface area contributed by atoms with Crippen LogP contribution in [0.3, 0.4) is 0 Å². The number of hydrogen-bond acceptors (Lipinski definition) is 5. The Labute approximate surface area is 190 Å². The highest BCUT2D eigenvalue weighted by atomic mass is 79.9. The first-order valence-electron chi connectivity index (χ1n) is 10.6. The van der Waals surface area contributed by atoms with E-state index in [0.717, 1.165) is 40.7 Å². The lowest BCUT2D eigenvalue weighted by Crippen LogP contribution is -2.38. The van der Waals surface area contributed by atoms with Crippen LogP contribution in [0.4, 0.5) is 5.00 Å². The van der Waals surface area contributed by atoms with Crippen LogP contribution in [0.2, 0.25) is 0 Å². The summed E-state index contributed by atoms with van der Waals surface area (Å²) in [5.74, 6) is 1.01. The average Bonchev–Trinajstić information content (AvgIpc) is 3.08. The molecule has 1 aliphatic heterocycles. The molecule has 0 unspecified atom stereocenters. The minimum atomic E-state index is -0.510. The van der Waals surface area contributed by atoms with E-state index in [4.69, 9.17) is 4.74 Å². The molecule has 0 spiro atoms. The quantitative estimate of drug-likeness (QED) is 0.477.